The van der Waals surface area contributed by atoms with Crippen LogP contribution in [0.25, 0.3) is 0 Å². The van der Waals surface area contributed by atoms with Crippen LogP contribution in [0.1, 0.15) is 45.2 Å². The second-order valence-corrected chi connectivity index (χ2v) is 7.24. The van der Waals surface area contributed by atoms with E-state index < -0.39 is 0 Å². The first-order valence-corrected chi connectivity index (χ1v) is 7.93. The highest BCUT2D eigenvalue weighted by Crippen LogP contribution is 2.25. The molecule has 1 heterocycles. The molecule has 0 bridgehead atoms. The van der Waals surface area contributed by atoms with Gasteiger partial charge in [-0.05, 0) is 29.9 Å². The second kappa shape index (κ2) is 6.28. The summed E-state index contributed by atoms with van der Waals surface area (Å²) in [4.78, 5) is 2.68. The van der Waals surface area contributed by atoms with Crippen LogP contribution in [-0.4, -0.2) is 30.1 Å². The van der Waals surface area contributed by atoms with Crippen molar-refractivity contribution in [2.45, 2.75) is 59.7 Å². The summed E-state index contributed by atoms with van der Waals surface area (Å²) >= 11 is 0. The van der Waals surface area contributed by atoms with Crippen LogP contribution in [0.3, 0.4) is 0 Å². The van der Waals surface area contributed by atoms with E-state index in [-0.39, 0.29) is 0 Å². The van der Waals surface area contributed by atoms with Gasteiger partial charge < -0.3 is 5.32 Å². The molecule has 1 aromatic rings. The second-order valence-electron chi connectivity index (χ2n) is 7.24. The van der Waals surface area contributed by atoms with Crippen LogP contribution >= 0.6 is 0 Å². The van der Waals surface area contributed by atoms with E-state index in [1.165, 1.54) is 17.5 Å². The predicted octanol–water partition coefficient (Wildman–Crippen LogP) is 3.59. The first-order valence-electron chi connectivity index (χ1n) is 7.93. The minimum absolute atomic E-state index is 0.322. The molecule has 0 amide bonds. The minimum atomic E-state index is 0.322. The number of nitrogens with one attached hydrogen (secondary N) is 1. The van der Waals surface area contributed by atoms with Gasteiger partial charge in [0.1, 0.15) is 0 Å². The Bertz CT molecular complexity index is 433. The average Bonchev–Trinajstić information content (AvgIpc) is 2.40. The summed E-state index contributed by atoms with van der Waals surface area (Å²) in [6.07, 6.45) is 1.22. The topological polar surface area (TPSA) is 15.3 Å². The zero-order chi connectivity index (χ0) is 14.8. The summed E-state index contributed by atoms with van der Waals surface area (Å²) in [6.45, 7) is 14.9. The van der Waals surface area contributed by atoms with Crippen molar-refractivity contribution in [3.05, 3.63) is 35.4 Å². The number of aryl methyl sites for hydroxylation is 1. The Morgan fingerprint density at radius 2 is 1.95 bits per heavy atom. The van der Waals surface area contributed by atoms with Gasteiger partial charge in [0, 0.05) is 31.7 Å². The molecule has 0 aromatic heterocycles. The molecule has 1 saturated heterocycles. The van der Waals surface area contributed by atoms with E-state index in [0.29, 0.717) is 17.5 Å². The van der Waals surface area contributed by atoms with E-state index in [2.05, 4.69) is 69.1 Å². The SMILES string of the molecule is CCC1CNC(C(C)(C)C)CN1Cc1ccccc1C. The maximum Gasteiger partial charge on any atom is 0.0244 e. The number of hydrogen-bond acceptors (Lipinski definition) is 2. The highest BCUT2D eigenvalue weighted by atomic mass is 15.2. The van der Waals surface area contributed by atoms with Crippen LogP contribution in [0.5, 0.6) is 0 Å². The molecule has 1 aromatic carbocycles. The molecule has 2 heteroatoms. The molecule has 2 rings (SSSR count). The van der Waals surface area contributed by atoms with E-state index in [9.17, 15) is 0 Å². The van der Waals surface area contributed by atoms with Crippen molar-refractivity contribution in [1.82, 2.24) is 10.2 Å². The third-order valence-corrected chi connectivity index (χ3v) is 4.68. The van der Waals surface area contributed by atoms with Crippen LogP contribution in [0, 0.1) is 12.3 Å². The first kappa shape index (κ1) is 15.5. The zero-order valence-electron chi connectivity index (χ0n) is 13.7. The van der Waals surface area contributed by atoms with E-state index in [1.807, 2.05) is 0 Å². The summed E-state index contributed by atoms with van der Waals surface area (Å²) < 4.78 is 0. The maximum atomic E-state index is 3.75. The Labute approximate surface area is 124 Å². The van der Waals surface area contributed by atoms with Crippen molar-refractivity contribution in [1.29, 1.82) is 0 Å². The lowest BCUT2D eigenvalue weighted by Crippen LogP contribution is -2.59. The van der Waals surface area contributed by atoms with Crippen molar-refractivity contribution in [3.63, 3.8) is 0 Å². The standard InChI is InChI=1S/C18H30N2/c1-6-16-11-19-17(18(3,4)5)13-20(16)12-15-10-8-7-9-14(15)2/h7-10,16-17,19H,6,11-13H2,1-5H3. The molecule has 2 atom stereocenters. The number of rotatable bonds is 3. The van der Waals surface area contributed by atoms with Gasteiger partial charge in [0.15, 0.2) is 0 Å². The molecule has 20 heavy (non-hydrogen) atoms. The molecule has 0 aliphatic carbocycles. The Kier molecular flexibility index (Phi) is 4.87. The fourth-order valence-corrected chi connectivity index (χ4v) is 3.04. The normalized spacial score (nSPS) is 24.9. The smallest absolute Gasteiger partial charge is 0.0244 e. The summed E-state index contributed by atoms with van der Waals surface area (Å²) in [7, 11) is 0. The molecule has 2 unspecified atom stereocenters. The van der Waals surface area contributed by atoms with Gasteiger partial charge in [-0.2, -0.15) is 0 Å². The maximum absolute atomic E-state index is 3.75. The van der Waals surface area contributed by atoms with Crippen molar-refractivity contribution < 1.29 is 0 Å². The van der Waals surface area contributed by atoms with Crippen LogP contribution in [0.4, 0.5) is 0 Å². The average molecular weight is 274 g/mol. The van der Waals surface area contributed by atoms with Gasteiger partial charge in [0.25, 0.3) is 0 Å². The fourth-order valence-electron chi connectivity index (χ4n) is 3.04. The largest absolute Gasteiger partial charge is 0.311 e. The van der Waals surface area contributed by atoms with Crippen molar-refractivity contribution in [3.8, 4) is 0 Å². The summed E-state index contributed by atoms with van der Waals surface area (Å²) in [5.74, 6) is 0. The molecule has 0 spiro atoms. The summed E-state index contributed by atoms with van der Waals surface area (Å²) in [5.41, 5.74) is 3.21. The Morgan fingerprint density at radius 3 is 2.55 bits per heavy atom. The number of hydrogen-bond donors (Lipinski definition) is 1. The van der Waals surface area contributed by atoms with Gasteiger partial charge in [-0.25, -0.2) is 0 Å². The molecule has 0 radical (unpaired) electrons. The molecule has 0 saturated carbocycles. The highest BCUT2D eigenvalue weighted by molar-refractivity contribution is 5.25. The molecule has 1 aliphatic heterocycles. The molecule has 2 nitrogen and oxygen atoms in total. The zero-order valence-corrected chi connectivity index (χ0v) is 13.7. The van der Waals surface area contributed by atoms with Crippen LogP contribution in [0.15, 0.2) is 24.3 Å². The van der Waals surface area contributed by atoms with Crippen LogP contribution < -0.4 is 5.32 Å². The van der Waals surface area contributed by atoms with Crippen molar-refractivity contribution in [2.75, 3.05) is 13.1 Å². The fraction of sp³-hybridized carbons (Fsp3) is 0.667. The predicted molar refractivity (Wildman–Crippen MR) is 86.9 cm³/mol. The van der Waals surface area contributed by atoms with Gasteiger partial charge in [0.2, 0.25) is 0 Å². The van der Waals surface area contributed by atoms with Gasteiger partial charge in [-0.3, -0.25) is 4.90 Å². The number of piperazine rings is 1. The van der Waals surface area contributed by atoms with Gasteiger partial charge in [-0.1, -0.05) is 52.0 Å². The van der Waals surface area contributed by atoms with E-state index >= 15 is 0 Å². The van der Waals surface area contributed by atoms with E-state index in [0.717, 1.165) is 19.6 Å². The monoisotopic (exact) mass is 274 g/mol. The molecular formula is C18H30N2. The minimum Gasteiger partial charge on any atom is -0.311 e. The van der Waals surface area contributed by atoms with E-state index in [1.54, 1.807) is 0 Å². The van der Waals surface area contributed by atoms with E-state index in [4.69, 9.17) is 0 Å². The van der Waals surface area contributed by atoms with Gasteiger partial charge in [-0.15, -0.1) is 0 Å². The molecular weight excluding hydrogens is 244 g/mol. The Morgan fingerprint density at radius 1 is 1.25 bits per heavy atom. The highest BCUT2D eigenvalue weighted by Gasteiger charge is 2.33. The Hall–Kier alpha value is -0.860. The van der Waals surface area contributed by atoms with Gasteiger partial charge >= 0.3 is 0 Å². The third kappa shape index (κ3) is 3.62. The lowest BCUT2D eigenvalue weighted by molar-refractivity contribution is 0.0774. The first-order chi connectivity index (χ1) is 9.41. The third-order valence-electron chi connectivity index (χ3n) is 4.68. The number of benzene rings is 1. The molecule has 1 aliphatic rings. The molecule has 112 valence electrons. The van der Waals surface area contributed by atoms with Crippen molar-refractivity contribution in [2.24, 2.45) is 5.41 Å². The lowest BCUT2D eigenvalue weighted by atomic mass is 9.84. The van der Waals surface area contributed by atoms with Crippen LogP contribution in [0.2, 0.25) is 0 Å². The summed E-state index contributed by atoms with van der Waals surface area (Å²) in [6, 6.07) is 10.0. The Balaban J connectivity index is 2.12. The quantitative estimate of drug-likeness (QED) is 0.906. The lowest BCUT2D eigenvalue weighted by Gasteiger charge is -2.45. The van der Waals surface area contributed by atoms with Crippen LogP contribution in [-0.2, 0) is 6.54 Å². The summed E-state index contributed by atoms with van der Waals surface area (Å²) in [5, 5.41) is 3.75. The molecule has 1 fully saturated rings. The van der Waals surface area contributed by atoms with Crippen molar-refractivity contribution >= 4 is 0 Å². The number of nitrogens with zero attached hydrogens (tertiary/aromatic N) is 1. The molecule has 1 N–H and O–H groups in total. The van der Waals surface area contributed by atoms with Gasteiger partial charge in [0.05, 0.1) is 0 Å².